The minimum Gasteiger partial charge on any atom is -0.304 e. The summed E-state index contributed by atoms with van der Waals surface area (Å²) in [5.74, 6) is 0.951. The van der Waals surface area contributed by atoms with Crippen molar-refractivity contribution in [1.82, 2.24) is 19.4 Å². The van der Waals surface area contributed by atoms with Gasteiger partial charge in [0.15, 0.2) is 0 Å². The third-order valence-corrected chi connectivity index (χ3v) is 6.73. The zero-order valence-electron chi connectivity index (χ0n) is 17.4. The number of benzene rings is 1. The predicted octanol–water partition coefficient (Wildman–Crippen LogP) is 3.79. The lowest BCUT2D eigenvalue weighted by Crippen LogP contribution is -2.47. The second-order valence-corrected chi connectivity index (χ2v) is 8.84. The highest BCUT2D eigenvalue weighted by atomic mass is 32.1. The summed E-state index contributed by atoms with van der Waals surface area (Å²) in [6.07, 6.45) is 2.94. The Kier molecular flexibility index (Phi) is 6.43. The van der Waals surface area contributed by atoms with Crippen LogP contribution in [0.5, 0.6) is 0 Å². The first-order valence-corrected chi connectivity index (χ1v) is 11.5. The Morgan fingerprint density at radius 1 is 1.10 bits per heavy atom. The maximum absolute atomic E-state index is 13.4. The molecule has 0 amide bonds. The summed E-state index contributed by atoms with van der Waals surface area (Å²) in [5.41, 5.74) is 1.36. The van der Waals surface area contributed by atoms with E-state index in [1.165, 1.54) is 5.56 Å². The molecule has 29 heavy (non-hydrogen) atoms. The van der Waals surface area contributed by atoms with Crippen LogP contribution in [0, 0.1) is 0 Å². The highest BCUT2D eigenvalue weighted by Crippen LogP contribution is 2.27. The number of hydrogen-bond donors (Lipinski definition) is 0. The van der Waals surface area contributed by atoms with Gasteiger partial charge in [-0.2, -0.15) is 0 Å². The van der Waals surface area contributed by atoms with E-state index in [0.717, 1.165) is 61.5 Å². The van der Waals surface area contributed by atoms with Crippen LogP contribution in [-0.2, 0) is 13.0 Å². The Morgan fingerprint density at radius 3 is 2.59 bits per heavy atom. The van der Waals surface area contributed by atoms with Crippen LogP contribution in [0.1, 0.15) is 37.2 Å². The fourth-order valence-corrected chi connectivity index (χ4v) is 4.96. The normalized spacial score (nSPS) is 17.0. The van der Waals surface area contributed by atoms with E-state index < -0.39 is 0 Å². The molecule has 1 unspecified atom stereocenters. The standard InChI is InChI=1S/C23H30N4OS/c1-3-7-20(26-15-13-25(2)14-16-26)21-24-22-19(11-17-29-22)23(28)27(21)12-10-18-8-5-4-6-9-18/h4-6,8-9,11,17,20H,3,7,10,12-16H2,1-2H3. The van der Waals surface area contributed by atoms with Crippen molar-refractivity contribution in [3.05, 3.63) is 63.5 Å². The van der Waals surface area contributed by atoms with Crippen molar-refractivity contribution < 1.29 is 0 Å². The van der Waals surface area contributed by atoms with Crippen molar-refractivity contribution in [3.8, 4) is 0 Å². The van der Waals surface area contributed by atoms with Gasteiger partial charge in [0.05, 0.1) is 11.4 Å². The molecular formula is C23H30N4OS. The molecule has 1 fully saturated rings. The third kappa shape index (κ3) is 4.44. The molecule has 1 atom stereocenters. The second kappa shape index (κ2) is 9.20. The smallest absolute Gasteiger partial charge is 0.262 e. The van der Waals surface area contributed by atoms with E-state index in [0.29, 0.717) is 6.54 Å². The van der Waals surface area contributed by atoms with E-state index in [-0.39, 0.29) is 11.6 Å². The fourth-order valence-electron chi connectivity index (χ4n) is 4.20. The van der Waals surface area contributed by atoms with Gasteiger partial charge in [-0.1, -0.05) is 43.7 Å². The number of hydrogen-bond acceptors (Lipinski definition) is 5. The molecule has 0 spiro atoms. The van der Waals surface area contributed by atoms with Gasteiger partial charge in [0.1, 0.15) is 10.7 Å². The van der Waals surface area contributed by atoms with Crippen molar-refractivity contribution in [3.63, 3.8) is 0 Å². The quantitative estimate of drug-likeness (QED) is 0.594. The maximum Gasteiger partial charge on any atom is 0.262 e. The highest BCUT2D eigenvalue weighted by Gasteiger charge is 2.28. The monoisotopic (exact) mass is 410 g/mol. The molecule has 0 saturated carbocycles. The Labute approximate surface area is 176 Å². The zero-order valence-corrected chi connectivity index (χ0v) is 18.2. The molecule has 0 N–H and O–H groups in total. The van der Waals surface area contributed by atoms with Crippen LogP contribution in [-0.4, -0.2) is 52.6 Å². The molecule has 5 nitrogen and oxygen atoms in total. The minimum absolute atomic E-state index is 0.109. The van der Waals surface area contributed by atoms with Gasteiger partial charge in [0, 0.05) is 32.7 Å². The van der Waals surface area contributed by atoms with Gasteiger partial charge in [0.25, 0.3) is 5.56 Å². The van der Waals surface area contributed by atoms with Gasteiger partial charge in [-0.05, 0) is 36.9 Å². The Balaban J connectivity index is 1.72. The van der Waals surface area contributed by atoms with Crippen molar-refractivity contribution in [1.29, 1.82) is 0 Å². The average molecular weight is 411 g/mol. The van der Waals surface area contributed by atoms with E-state index >= 15 is 0 Å². The summed E-state index contributed by atoms with van der Waals surface area (Å²) in [5, 5.41) is 2.73. The number of thiophene rings is 1. The molecule has 3 aromatic rings. The number of aromatic nitrogens is 2. The van der Waals surface area contributed by atoms with Crippen LogP contribution in [0.3, 0.4) is 0 Å². The summed E-state index contributed by atoms with van der Waals surface area (Å²) < 4.78 is 1.96. The number of aryl methyl sites for hydroxylation is 1. The summed E-state index contributed by atoms with van der Waals surface area (Å²) in [6.45, 7) is 7.08. The van der Waals surface area contributed by atoms with Crippen LogP contribution in [0.4, 0.5) is 0 Å². The first kappa shape index (κ1) is 20.3. The molecule has 4 rings (SSSR count). The topological polar surface area (TPSA) is 41.4 Å². The van der Waals surface area contributed by atoms with Gasteiger partial charge in [-0.15, -0.1) is 11.3 Å². The number of rotatable bonds is 7. The van der Waals surface area contributed by atoms with Crippen molar-refractivity contribution >= 4 is 21.6 Å². The molecule has 154 valence electrons. The summed E-state index contributed by atoms with van der Waals surface area (Å²) in [7, 11) is 2.18. The molecule has 2 aromatic heterocycles. The molecule has 0 radical (unpaired) electrons. The number of fused-ring (bicyclic) bond motifs is 1. The van der Waals surface area contributed by atoms with Gasteiger partial charge in [0.2, 0.25) is 0 Å². The Hall–Kier alpha value is -2.02. The van der Waals surface area contributed by atoms with Gasteiger partial charge < -0.3 is 4.90 Å². The predicted molar refractivity (Wildman–Crippen MR) is 121 cm³/mol. The van der Waals surface area contributed by atoms with Crippen LogP contribution in [0.15, 0.2) is 46.6 Å². The molecule has 3 heterocycles. The van der Waals surface area contributed by atoms with Crippen LogP contribution in [0.2, 0.25) is 0 Å². The van der Waals surface area contributed by atoms with Crippen LogP contribution >= 0.6 is 11.3 Å². The Morgan fingerprint density at radius 2 is 1.86 bits per heavy atom. The zero-order chi connectivity index (χ0) is 20.2. The maximum atomic E-state index is 13.4. The van der Waals surface area contributed by atoms with E-state index in [1.807, 2.05) is 22.1 Å². The number of likely N-dealkylation sites (N-methyl/N-ethyl adjacent to an activating group) is 1. The SMILES string of the molecule is CCCC(c1nc2sccc2c(=O)n1CCc1ccccc1)N1CCN(C)CC1. The number of nitrogens with zero attached hydrogens (tertiary/aromatic N) is 4. The first-order chi connectivity index (χ1) is 14.2. The summed E-state index contributed by atoms with van der Waals surface area (Å²) >= 11 is 1.57. The summed E-state index contributed by atoms with van der Waals surface area (Å²) in [4.78, 5) is 24.2. The lowest BCUT2D eigenvalue weighted by atomic mass is 10.1. The molecule has 1 aliphatic rings. The lowest BCUT2D eigenvalue weighted by molar-refractivity contribution is 0.0994. The van der Waals surface area contributed by atoms with E-state index in [4.69, 9.17) is 4.98 Å². The van der Waals surface area contributed by atoms with E-state index in [1.54, 1.807) is 11.3 Å². The largest absolute Gasteiger partial charge is 0.304 e. The highest BCUT2D eigenvalue weighted by molar-refractivity contribution is 7.16. The van der Waals surface area contributed by atoms with E-state index in [9.17, 15) is 4.79 Å². The van der Waals surface area contributed by atoms with Gasteiger partial charge in [-0.25, -0.2) is 4.98 Å². The lowest BCUT2D eigenvalue weighted by Gasteiger charge is -2.38. The first-order valence-electron chi connectivity index (χ1n) is 10.6. The molecule has 6 heteroatoms. The molecule has 0 aliphatic carbocycles. The van der Waals surface area contributed by atoms with Gasteiger partial charge in [-0.3, -0.25) is 14.3 Å². The van der Waals surface area contributed by atoms with Gasteiger partial charge >= 0.3 is 0 Å². The van der Waals surface area contributed by atoms with Crippen molar-refractivity contribution in [2.75, 3.05) is 33.2 Å². The Bertz CT molecular complexity index is 989. The average Bonchev–Trinajstić information content (AvgIpc) is 3.22. The molecule has 1 saturated heterocycles. The van der Waals surface area contributed by atoms with Crippen LogP contribution in [0.25, 0.3) is 10.2 Å². The summed E-state index contributed by atoms with van der Waals surface area (Å²) in [6, 6.07) is 12.5. The molecule has 1 aromatic carbocycles. The van der Waals surface area contributed by atoms with Crippen LogP contribution < -0.4 is 5.56 Å². The number of piperazine rings is 1. The molecular weight excluding hydrogens is 380 g/mol. The van der Waals surface area contributed by atoms with E-state index in [2.05, 4.69) is 48.0 Å². The van der Waals surface area contributed by atoms with Crippen molar-refractivity contribution in [2.45, 2.75) is 38.8 Å². The second-order valence-electron chi connectivity index (χ2n) is 7.95. The van der Waals surface area contributed by atoms with Crippen molar-refractivity contribution in [2.24, 2.45) is 0 Å². The minimum atomic E-state index is 0.109. The fraction of sp³-hybridized carbons (Fsp3) is 0.478. The third-order valence-electron chi connectivity index (χ3n) is 5.92. The molecule has 1 aliphatic heterocycles. The molecule has 0 bridgehead atoms.